The topological polar surface area (TPSA) is 12.0 Å². The van der Waals surface area contributed by atoms with E-state index < -0.39 is 0 Å². The summed E-state index contributed by atoms with van der Waals surface area (Å²) in [6.45, 7) is 6.97. The smallest absolute Gasteiger partial charge is 0.00462 e. The van der Waals surface area contributed by atoms with E-state index in [1.54, 1.807) is 16.7 Å². The van der Waals surface area contributed by atoms with Crippen molar-refractivity contribution in [2.75, 3.05) is 13.1 Å². The summed E-state index contributed by atoms with van der Waals surface area (Å²) in [6, 6.07) is 6.86. The molecule has 0 aromatic heterocycles. The minimum Gasteiger partial charge on any atom is -0.317 e. The van der Waals surface area contributed by atoms with Crippen LogP contribution in [0.1, 0.15) is 43.4 Å². The highest BCUT2D eigenvalue weighted by atomic mass is 14.9. The highest BCUT2D eigenvalue weighted by Gasteiger charge is 2.16. The van der Waals surface area contributed by atoms with Crippen molar-refractivity contribution in [2.24, 2.45) is 5.92 Å². The fourth-order valence-electron chi connectivity index (χ4n) is 2.99. The molecule has 2 rings (SSSR count). The Kier molecular flexibility index (Phi) is 4.61. The van der Waals surface area contributed by atoms with Crippen LogP contribution in [0.5, 0.6) is 0 Å². The summed E-state index contributed by atoms with van der Waals surface area (Å²) in [6.07, 6.45) is 6.35. The summed E-state index contributed by atoms with van der Waals surface area (Å²) in [5.41, 5.74) is 4.80. The molecule has 0 unspecified atom stereocenters. The minimum atomic E-state index is 0.897. The van der Waals surface area contributed by atoms with Gasteiger partial charge in [0, 0.05) is 0 Å². The van der Waals surface area contributed by atoms with Gasteiger partial charge >= 0.3 is 0 Å². The van der Waals surface area contributed by atoms with Crippen molar-refractivity contribution in [3.63, 3.8) is 0 Å². The molecule has 1 saturated heterocycles. The molecule has 1 nitrogen and oxygen atoms in total. The molecule has 0 amide bonds. The van der Waals surface area contributed by atoms with E-state index >= 15 is 0 Å². The Labute approximate surface area is 106 Å². The normalized spacial score (nSPS) is 17.3. The van der Waals surface area contributed by atoms with Crippen LogP contribution in [0.25, 0.3) is 0 Å². The Balaban J connectivity index is 2.16. The molecule has 0 radical (unpaired) electrons. The van der Waals surface area contributed by atoms with Crippen molar-refractivity contribution < 1.29 is 0 Å². The van der Waals surface area contributed by atoms with Crippen LogP contribution in [0.2, 0.25) is 0 Å². The number of hydrogen-bond donors (Lipinski definition) is 1. The third-order valence-electron chi connectivity index (χ3n) is 4.08. The molecule has 94 valence electrons. The van der Waals surface area contributed by atoms with Gasteiger partial charge in [0.1, 0.15) is 0 Å². The summed E-state index contributed by atoms with van der Waals surface area (Å²) in [5, 5.41) is 3.46. The van der Waals surface area contributed by atoms with Crippen molar-refractivity contribution in [1.82, 2.24) is 5.32 Å². The number of rotatable bonds is 4. The molecule has 0 spiro atoms. The summed E-state index contributed by atoms with van der Waals surface area (Å²) < 4.78 is 0. The minimum absolute atomic E-state index is 0.897. The standard InChI is InChI=1S/C16H25N/c1-3-14-6-5-7-15(4-2)16(14)12-13-8-10-17-11-9-13/h5-7,13,17H,3-4,8-12H2,1-2H3. The third-order valence-corrected chi connectivity index (χ3v) is 4.08. The first-order valence-corrected chi connectivity index (χ1v) is 7.15. The second kappa shape index (κ2) is 6.20. The van der Waals surface area contributed by atoms with Crippen LogP contribution in [0, 0.1) is 5.92 Å². The maximum atomic E-state index is 3.46. The zero-order valence-corrected chi connectivity index (χ0v) is 11.3. The van der Waals surface area contributed by atoms with Gasteiger partial charge in [0.25, 0.3) is 0 Å². The molecule has 0 bridgehead atoms. The summed E-state index contributed by atoms with van der Waals surface area (Å²) in [7, 11) is 0. The fraction of sp³-hybridized carbons (Fsp3) is 0.625. The molecular weight excluding hydrogens is 206 g/mol. The SMILES string of the molecule is CCc1cccc(CC)c1CC1CCNCC1. The molecule has 0 atom stereocenters. The van der Waals surface area contributed by atoms with Gasteiger partial charge in [0.2, 0.25) is 0 Å². The molecule has 0 saturated carbocycles. The van der Waals surface area contributed by atoms with E-state index in [1.165, 1.54) is 45.2 Å². The summed E-state index contributed by atoms with van der Waals surface area (Å²) in [5.74, 6) is 0.897. The predicted molar refractivity (Wildman–Crippen MR) is 74.5 cm³/mol. The molecule has 1 heterocycles. The second-order valence-electron chi connectivity index (χ2n) is 5.16. The zero-order valence-electron chi connectivity index (χ0n) is 11.3. The molecule has 17 heavy (non-hydrogen) atoms. The van der Waals surface area contributed by atoms with E-state index in [4.69, 9.17) is 0 Å². The maximum Gasteiger partial charge on any atom is -0.00462 e. The van der Waals surface area contributed by atoms with Gasteiger partial charge in [-0.3, -0.25) is 0 Å². The Morgan fingerprint density at radius 2 is 1.65 bits per heavy atom. The third kappa shape index (κ3) is 3.10. The van der Waals surface area contributed by atoms with Crippen LogP contribution >= 0.6 is 0 Å². The number of benzene rings is 1. The molecule has 1 aromatic carbocycles. The molecule has 1 aliphatic heterocycles. The van der Waals surface area contributed by atoms with E-state index in [0.29, 0.717) is 0 Å². The number of piperidine rings is 1. The van der Waals surface area contributed by atoms with Gasteiger partial charge in [0.15, 0.2) is 0 Å². The lowest BCUT2D eigenvalue weighted by Crippen LogP contribution is -2.29. The fourth-order valence-corrected chi connectivity index (χ4v) is 2.99. The lowest BCUT2D eigenvalue weighted by Gasteiger charge is -2.24. The maximum absolute atomic E-state index is 3.46. The number of aryl methyl sites for hydroxylation is 2. The molecule has 0 aliphatic carbocycles. The van der Waals surface area contributed by atoms with Crippen LogP contribution in [0.4, 0.5) is 0 Å². The second-order valence-corrected chi connectivity index (χ2v) is 5.16. The van der Waals surface area contributed by atoms with Gasteiger partial charge in [-0.15, -0.1) is 0 Å². The highest BCUT2D eigenvalue weighted by molar-refractivity contribution is 5.36. The van der Waals surface area contributed by atoms with Crippen LogP contribution in [0.15, 0.2) is 18.2 Å². The van der Waals surface area contributed by atoms with Crippen molar-refractivity contribution >= 4 is 0 Å². The number of nitrogens with one attached hydrogen (secondary N) is 1. The lowest BCUT2D eigenvalue weighted by molar-refractivity contribution is 0.371. The monoisotopic (exact) mass is 231 g/mol. The average Bonchev–Trinajstić information content (AvgIpc) is 2.40. The van der Waals surface area contributed by atoms with Gasteiger partial charge < -0.3 is 5.32 Å². The molecule has 1 N–H and O–H groups in total. The van der Waals surface area contributed by atoms with Crippen LogP contribution in [-0.2, 0) is 19.3 Å². The first kappa shape index (κ1) is 12.6. The van der Waals surface area contributed by atoms with Gasteiger partial charge in [0.05, 0.1) is 0 Å². The van der Waals surface area contributed by atoms with Crippen LogP contribution < -0.4 is 5.32 Å². The van der Waals surface area contributed by atoms with Crippen molar-refractivity contribution in [2.45, 2.75) is 46.0 Å². The van der Waals surface area contributed by atoms with Gasteiger partial charge in [-0.25, -0.2) is 0 Å². The summed E-state index contributed by atoms with van der Waals surface area (Å²) >= 11 is 0. The predicted octanol–water partition coefficient (Wildman–Crippen LogP) is 3.35. The molecule has 1 aliphatic rings. The molecule has 1 heteroatoms. The van der Waals surface area contributed by atoms with Gasteiger partial charge in [-0.2, -0.15) is 0 Å². The molecule has 1 fully saturated rings. The largest absolute Gasteiger partial charge is 0.317 e. The highest BCUT2D eigenvalue weighted by Crippen LogP contribution is 2.24. The number of hydrogen-bond acceptors (Lipinski definition) is 1. The quantitative estimate of drug-likeness (QED) is 0.838. The van der Waals surface area contributed by atoms with Crippen LogP contribution in [-0.4, -0.2) is 13.1 Å². The Hall–Kier alpha value is -0.820. The Morgan fingerprint density at radius 1 is 1.06 bits per heavy atom. The van der Waals surface area contributed by atoms with Crippen molar-refractivity contribution in [1.29, 1.82) is 0 Å². The molecule has 1 aromatic rings. The van der Waals surface area contributed by atoms with Crippen molar-refractivity contribution in [3.05, 3.63) is 34.9 Å². The van der Waals surface area contributed by atoms with Gasteiger partial charge in [-0.05, 0) is 67.8 Å². The molecular formula is C16H25N. The van der Waals surface area contributed by atoms with E-state index in [-0.39, 0.29) is 0 Å². The lowest BCUT2D eigenvalue weighted by atomic mass is 9.85. The average molecular weight is 231 g/mol. The van der Waals surface area contributed by atoms with Crippen molar-refractivity contribution in [3.8, 4) is 0 Å². The first-order chi connectivity index (χ1) is 8.35. The van der Waals surface area contributed by atoms with E-state index in [1.807, 2.05) is 0 Å². The van der Waals surface area contributed by atoms with Gasteiger partial charge in [-0.1, -0.05) is 32.0 Å². The Bertz CT molecular complexity index is 328. The van der Waals surface area contributed by atoms with Crippen LogP contribution in [0.3, 0.4) is 0 Å². The van der Waals surface area contributed by atoms with E-state index in [0.717, 1.165) is 5.92 Å². The van der Waals surface area contributed by atoms with E-state index in [2.05, 4.69) is 37.4 Å². The summed E-state index contributed by atoms with van der Waals surface area (Å²) in [4.78, 5) is 0. The Morgan fingerprint density at radius 3 is 2.18 bits per heavy atom. The first-order valence-electron chi connectivity index (χ1n) is 7.15. The van der Waals surface area contributed by atoms with E-state index in [9.17, 15) is 0 Å². The zero-order chi connectivity index (χ0) is 12.1.